The molecule has 1 aliphatic rings. The summed E-state index contributed by atoms with van der Waals surface area (Å²) in [6.07, 6.45) is 2.45. The monoisotopic (exact) mass is 303 g/mol. The fourth-order valence-electron chi connectivity index (χ4n) is 3.09. The lowest BCUT2D eigenvalue weighted by molar-refractivity contribution is -0.137. The summed E-state index contributed by atoms with van der Waals surface area (Å²) in [7, 11) is 0. The van der Waals surface area contributed by atoms with E-state index in [1.54, 1.807) is 4.90 Å². The lowest BCUT2D eigenvalue weighted by Crippen LogP contribution is -2.49. The predicted molar refractivity (Wildman–Crippen MR) is 85.7 cm³/mol. The summed E-state index contributed by atoms with van der Waals surface area (Å²) in [5, 5.41) is 9.50. The third-order valence-electron chi connectivity index (χ3n) is 4.56. The van der Waals surface area contributed by atoms with Crippen LogP contribution in [-0.2, 0) is 4.79 Å². The Balaban J connectivity index is 1.91. The van der Waals surface area contributed by atoms with Crippen LogP contribution in [0.4, 0.5) is 0 Å². The molecule has 4 nitrogen and oxygen atoms in total. The molecule has 1 aromatic carbocycles. The van der Waals surface area contributed by atoms with Gasteiger partial charge in [0, 0.05) is 24.9 Å². The number of hydrogen-bond acceptors (Lipinski definition) is 3. The molecule has 4 heteroatoms. The third kappa shape index (κ3) is 3.95. The highest BCUT2D eigenvalue weighted by molar-refractivity contribution is 5.98. The van der Waals surface area contributed by atoms with Crippen molar-refractivity contribution >= 4 is 11.7 Å². The smallest absolute Gasteiger partial charge is 0.223 e. The zero-order chi connectivity index (χ0) is 16.1. The van der Waals surface area contributed by atoms with Crippen molar-refractivity contribution in [3.63, 3.8) is 0 Å². The Bertz CT molecular complexity index is 524. The van der Waals surface area contributed by atoms with Crippen molar-refractivity contribution < 1.29 is 14.7 Å². The summed E-state index contributed by atoms with van der Waals surface area (Å²) in [6, 6.07) is 7.33. The maximum absolute atomic E-state index is 12.4. The largest absolute Gasteiger partial charge is 0.394 e. The second-order valence-electron chi connectivity index (χ2n) is 6.25. The Labute approximate surface area is 132 Å². The van der Waals surface area contributed by atoms with Gasteiger partial charge in [0.1, 0.15) is 0 Å². The maximum Gasteiger partial charge on any atom is 0.223 e. The van der Waals surface area contributed by atoms with Crippen LogP contribution in [0, 0.1) is 12.8 Å². The number of carbonyl (C=O) groups excluding carboxylic acids is 2. The van der Waals surface area contributed by atoms with Gasteiger partial charge in [-0.15, -0.1) is 0 Å². The average Bonchev–Trinajstić information content (AvgIpc) is 2.52. The van der Waals surface area contributed by atoms with Crippen molar-refractivity contribution in [2.45, 2.75) is 45.6 Å². The number of aliphatic hydroxyl groups is 1. The minimum absolute atomic E-state index is 0.000966. The van der Waals surface area contributed by atoms with Gasteiger partial charge in [-0.05, 0) is 25.7 Å². The molecule has 1 amide bonds. The molecular weight excluding hydrogens is 278 g/mol. The number of Topliss-reactive ketones (excluding diaryl/α,β-unsaturated/α-hetero) is 1. The number of hydrogen-bond donors (Lipinski definition) is 1. The molecule has 1 fully saturated rings. The van der Waals surface area contributed by atoms with Crippen molar-refractivity contribution in [2.24, 2.45) is 5.92 Å². The molecule has 0 bridgehead atoms. The molecule has 2 rings (SSSR count). The van der Waals surface area contributed by atoms with Gasteiger partial charge >= 0.3 is 0 Å². The molecule has 1 N–H and O–H groups in total. The summed E-state index contributed by atoms with van der Waals surface area (Å²) >= 11 is 0. The number of aliphatic hydroxyl groups excluding tert-OH is 1. The standard InChI is InChI=1S/C18H25NO3/c1-13-5-7-15(8-6-13)17(21)9-10-18(22)19-11-3-4-14(2)16(19)12-20/h5-8,14,16,20H,3-4,9-12H2,1-2H3. The molecule has 2 atom stereocenters. The van der Waals surface area contributed by atoms with Gasteiger partial charge in [0.15, 0.2) is 5.78 Å². The fourth-order valence-corrected chi connectivity index (χ4v) is 3.09. The zero-order valence-corrected chi connectivity index (χ0v) is 13.4. The third-order valence-corrected chi connectivity index (χ3v) is 4.56. The van der Waals surface area contributed by atoms with Crippen molar-refractivity contribution in [3.8, 4) is 0 Å². The van der Waals surface area contributed by atoms with Gasteiger partial charge in [0.05, 0.1) is 12.6 Å². The molecule has 0 aromatic heterocycles. The minimum Gasteiger partial charge on any atom is -0.394 e. The van der Waals surface area contributed by atoms with E-state index in [-0.39, 0.29) is 37.2 Å². The van der Waals surface area contributed by atoms with E-state index < -0.39 is 0 Å². The lowest BCUT2D eigenvalue weighted by atomic mass is 9.91. The highest BCUT2D eigenvalue weighted by Gasteiger charge is 2.31. The quantitative estimate of drug-likeness (QED) is 0.851. The van der Waals surface area contributed by atoms with E-state index in [2.05, 4.69) is 6.92 Å². The Hall–Kier alpha value is -1.68. The highest BCUT2D eigenvalue weighted by atomic mass is 16.3. The van der Waals surface area contributed by atoms with E-state index >= 15 is 0 Å². The Morgan fingerprint density at radius 3 is 2.55 bits per heavy atom. The number of benzene rings is 1. The van der Waals surface area contributed by atoms with Crippen LogP contribution >= 0.6 is 0 Å². The molecule has 2 unspecified atom stereocenters. The van der Waals surface area contributed by atoms with Gasteiger partial charge in [-0.25, -0.2) is 0 Å². The fraction of sp³-hybridized carbons (Fsp3) is 0.556. The van der Waals surface area contributed by atoms with Gasteiger partial charge < -0.3 is 10.0 Å². The highest BCUT2D eigenvalue weighted by Crippen LogP contribution is 2.24. The van der Waals surface area contributed by atoms with Crippen LogP contribution in [0.25, 0.3) is 0 Å². The van der Waals surface area contributed by atoms with Crippen molar-refractivity contribution in [2.75, 3.05) is 13.2 Å². The first-order chi connectivity index (χ1) is 10.5. The van der Waals surface area contributed by atoms with Crippen LogP contribution in [-0.4, -0.2) is 40.9 Å². The van der Waals surface area contributed by atoms with Gasteiger partial charge in [-0.3, -0.25) is 9.59 Å². The van der Waals surface area contributed by atoms with E-state index in [9.17, 15) is 14.7 Å². The number of carbonyl (C=O) groups is 2. The van der Waals surface area contributed by atoms with Crippen LogP contribution in [0.5, 0.6) is 0 Å². The Kier molecular flexibility index (Phi) is 5.72. The van der Waals surface area contributed by atoms with Gasteiger partial charge in [0.2, 0.25) is 5.91 Å². The van der Waals surface area contributed by atoms with E-state index in [1.807, 2.05) is 31.2 Å². The molecule has 1 saturated heterocycles. The summed E-state index contributed by atoms with van der Waals surface area (Å²) in [5.74, 6) is 0.292. The first-order valence-corrected chi connectivity index (χ1v) is 8.03. The van der Waals surface area contributed by atoms with Crippen LogP contribution in [0.1, 0.15) is 48.5 Å². The molecule has 0 radical (unpaired) electrons. The molecule has 1 aromatic rings. The average molecular weight is 303 g/mol. The van der Waals surface area contributed by atoms with E-state index in [1.165, 1.54) is 0 Å². The first-order valence-electron chi connectivity index (χ1n) is 8.03. The molecule has 0 aliphatic carbocycles. The van der Waals surface area contributed by atoms with Gasteiger partial charge in [0.25, 0.3) is 0 Å². The summed E-state index contributed by atoms with van der Waals surface area (Å²) in [6.45, 7) is 4.73. The first kappa shape index (κ1) is 16.7. The summed E-state index contributed by atoms with van der Waals surface area (Å²) in [4.78, 5) is 26.3. The van der Waals surface area contributed by atoms with Gasteiger partial charge in [-0.2, -0.15) is 0 Å². The molecule has 22 heavy (non-hydrogen) atoms. The van der Waals surface area contributed by atoms with Crippen molar-refractivity contribution in [3.05, 3.63) is 35.4 Å². The number of ketones is 1. The van der Waals surface area contributed by atoms with Gasteiger partial charge in [-0.1, -0.05) is 36.8 Å². The van der Waals surface area contributed by atoms with Crippen LogP contribution in [0.3, 0.4) is 0 Å². The van der Waals surface area contributed by atoms with Crippen LogP contribution in [0.2, 0.25) is 0 Å². The topological polar surface area (TPSA) is 57.6 Å². The SMILES string of the molecule is Cc1ccc(C(=O)CCC(=O)N2CCCC(C)C2CO)cc1. The molecule has 1 heterocycles. The number of rotatable bonds is 5. The number of nitrogens with zero attached hydrogens (tertiary/aromatic N) is 1. The van der Waals surface area contributed by atoms with E-state index in [4.69, 9.17) is 0 Å². The summed E-state index contributed by atoms with van der Waals surface area (Å²) < 4.78 is 0. The molecule has 0 saturated carbocycles. The van der Waals surface area contributed by atoms with E-state index in [0.29, 0.717) is 18.0 Å². The minimum atomic E-state index is -0.101. The Morgan fingerprint density at radius 1 is 1.23 bits per heavy atom. The molecule has 120 valence electrons. The normalized spacial score (nSPS) is 21.7. The second-order valence-corrected chi connectivity index (χ2v) is 6.25. The summed E-state index contributed by atoms with van der Waals surface area (Å²) in [5.41, 5.74) is 1.77. The number of aryl methyl sites for hydroxylation is 1. The molecule has 1 aliphatic heterocycles. The molecule has 0 spiro atoms. The van der Waals surface area contributed by atoms with Crippen LogP contribution in [0.15, 0.2) is 24.3 Å². The number of amides is 1. The number of likely N-dealkylation sites (tertiary alicyclic amines) is 1. The second kappa shape index (κ2) is 7.54. The number of piperidine rings is 1. The zero-order valence-electron chi connectivity index (χ0n) is 13.4. The predicted octanol–water partition coefficient (Wildman–Crippen LogP) is 2.58. The lowest BCUT2D eigenvalue weighted by Gasteiger charge is -2.39. The van der Waals surface area contributed by atoms with Crippen molar-refractivity contribution in [1.29, 1.82) is 0 Å². The molecular formula is C18H25NO3. The van der Waals surface area contributed by atoms with Crippen LogP contribution < -0.4 is 0 Å². The van der Waals surface area contributed by atoms with E-state index in [0.717, 1.165) is 18.4 Å². The van der Waals surface area contributed by atoms with Crippen molar-refractivity contribution in [1.82, 2.24) is 4.90 Å². The Morgan fingerprint density at radius 2 is 1.91 bits per heavy atom. The maximum atomic E-state index is 12.4.